The topological polar surface area (TPSA) is 12.4 Å². The first-order valence-electron chi connectivity index (χ1n) is 5.21. The number of nitrogens with zero attached hydrogens (tertiary/aromatic N) is 1. The molecule has 0 N–H and O–H groups in total. The van der Waals surface area contributed by atoms with Crippen molar-refractivity contribution >= 4 is 34.5 Å². The number of aliphatic imine (C=N–C) groups is 1. The molecule has 0 aliphatic carbocycles. The van der Waals surface area contributed by atoms with Crippen molar-refractivity contribution in [2.24, 2.45) is 4.99 Å². The Kier molecular flexibility index (Phi) is 3.89. The Morgan fingerprint density at radius 2 is 2.00 bits per heavy atom. The number of benzene rings is 2. The summed E-state index contributed by atoms with van der Waals surface area (Å²) in [5.41, 5.74) is 2.79. The van der Waals surface area contributed by atoms with Gasteiger partial charge in [0.1, 0.15) is 5.82 Å². The summed E-state index contributed by atoms with van der Waals surface area (Å²) >= 11 is 2.26. The Bertz CT molecular complexity index is 564. The second kappa shape index (κ2) is 5.40. The Balaban J connectivity index is 2.26. The fourth-order valence-electron chi connectivity index (χ4n) is 1.49. The minimum atomic E-state index is -0.242. The largest absolute Gasteiger partial charge is 0.256 e. The number of rotatable bonds is 2. The predicted molar refractivity (Wildman–Crippen MR) is 77.6 cm³/mol. The third-order valence-electron chi connectivity index (χ3n) is 2.36. The zero-order valence-corrected chi connectivity index (χ0v) is 11.5. The minimum absolute atomic E-state index is 0.242. The molecule has 0 heterocycles. The molecule has 2 rings (SSSR count). The molecule has 2 aromatic carbocycles. The molecule has 0 atom stereocenters. The maximum absolute atomic E-state index is 13.0. The summed E-state index contributed by atoms with van der Waals surface area (Å²) in [7, 11) is 0. The van der Waals surface area contributed by atoms with Crippen molar-refractivity contribution in [3.05, 3.63) is 63.0 Å². The molecule has 0 aromatic heterocycles. The van der Waals surface area contributed by atoms with Gasteiger partial charge in [0.15, 0.2) is 0 Å². The minimum Gasteiger partial charge on any atom is -0.256 e. The highest BCUT2D eigenvalue weighted by Crippen LogP contribution is 2.20. The van der Waals surface area contributed by atoms with Gasteiger partial charge in [-0.1, -0.05) is 12.1 Å². The number of hydrogen-bond acceptors (Lipinski definition) is 1. The summed E-state index contributed by atoms with van der Waals surface area (Å²) in [6.45, 7) is 2.01. The molecule has 0 amide bonds. The molecule has 2 aromatic rings. The fraction of sp³-hybridized carbons (Fsp3) is 0.0714. The van der Waals surface area contributed by atoms with Crippen LogP contribution in [0.1, 0.15) is 11.1 Å². The van der Waals surface area contributed by atoms with Crippen LogP contribution in [0.3, 0.4) is 0 Å². The molecule has 0 saturated heterocycles. The third-order valence-corrected chi connectivity index (χ3v) is 3.03. The summed E-state index contributed by atoms with van der Waals surface area (Å²) in [4.78, 5) is 4.36. The highest BCUT2D eigenvalue weighted by molar-refractivity contribution is 14.1. The molecule has 0 fully saturated rings. The lowest BCUT2D eigenvalue weighted by molar-refractivity contribution is 0.627. The van der Waals surface area contributed by atoms with Gasteiger partial charge in [-0.15, -0.1) is 0 Å². The van der Waals surface area contributed by atoms with Crippen LogP contribution >= 0.6 is 22.6 Å². The van der Waals surface area contributed by atoms with Crippen molar-refractivity contribution in [3.63, 3.8) is 0 Å². The van der Waals surface area contributed by atoms with Crippen LogP contribution in [-0.2, 0) is 0 Å². The van der Waals surface area contributed by atoms with Crippen molar-refractivity contribution in [3.8, 4) is 0 Å². The SMILES string of the molecule is Cc1cc(I)ccc1N=Cc1cccc(F)c1. The molecule has 0 unspecified atom stereocenters. The van der Waals surface area contributed by atoms with Gasteiger partial charge in [0.2, 0.25) is 0 Å². The van der Waals surface area contributed by atoms with E-state index in [4.69, 9.17) is 0 Å². The first-order chi connectivity index (χ1) is 8.15. The lowest BCUT2D eigenvalue weighted by atomic mass is 10.2. The molecule has 0 aliphatic rings. The van der Waals surface area contributed by atoms with Crippen LogP contribution < -0.4 is 0 Å². The van der Waals surface area contributed by atoms with Crippen LogP contribution in [0, 0.1) is 16.3 Å². The van der Waals surface area contributed by atoms with E-state index < -0.39 is 0 Å². The average Bonchev–Trinajstić information content (AvgIpc) is 2.28. The fourth-order valence-corrected chi connectivity index (χ4v) is 2.14. The standard InChI is InChI=1S/C14H11FIN/c1-10-7-13(16)5-6-14(10)17-9-11-3-2-4-12(15)8-11/h2-9H,1H3. The summed E-state index contributed by atoms with van der Waals surface area (Å²) in [5, 5.41) is 0. The van der Waals surface area contributed by atoms with Gasteiger partial charge in [0.25, 0.3) is 0 Å². The van der Waals surface area contributed by atoms with E-state index in [1.807, 2.05) is 25.1 Å². The summed E-state index contributed by atoms with van der Waals surface area (Å²) < 4.78 is 14.1. The normalized spacial score (nSPS) is 11.0. The molecule has 0 bridgehead atoms. The van der Waals surface area contributed by atoms with E-state index in [1.165, 1.54) is 15.7 Å². The molecule has 0 spiro atoms. The van der Waals surface area contributed by atoms with Gasteiger partial charge in [-0.05, 0) is 71.0 Å². The third kappa shape index (κ3) is 3.36. The molecule has 1 nitrogen and oxygen atoms in total. The van der Waals surface area contributed by atoms with Crippen molar-refractivity contribution < 1.29 is 4.39 Å². The molecule has 86 valence electrons. The average molecular weight is 339 g/mol. The Hall–Kier alpha value is -1.23. The lowest BCUT2D eigenvalue weighted by Crippen LogP contribution is -1.83. The number of halogens is 2. The Morgan fingerprint density at radius 3 is 2.71 bits per heavy atom. The smallest absolute Gasteiger partial charge is 0.123 e. The number of hydrogen-bond donors (Lipinski definition) is 0. The van der Waals surface area contributed by atoms with Crippen LogP contribution in [0.15, 0.2) is 47.5 Å². The molecular weight excluding hydrogens is 328 g/mol. The quantitative estimate of drug-likeness (QED) is 0.565. The molecule has 3 heteroatoms. The van der Waals surface area contributed by atoms with Gasteiger partial charge in [0.05, 0.1) is 5.69 Å². The van der Waals surface area contributed by atoms with Crippen molar-refractivity contribution in [1.82, 2.24) is 0 Å². The van der Waals surface area contributed by atoms with Crippen LogP contribution in [0.2, 0.25) is 0 Å². The second-order valence-corrected chi connectivity index (χ2v) is 4.99. The second-order valence-electron chi connectivity index (χ2n) is 3.74. The van der Waals surface area contributed by atoms with Crippen LogP contribution in [-0.4, -0.2) is 6.21 Å². The molecule has 0 aliphatic heterocycles. The molecular formula is C14H11FIN. The number of aryl methyl sites for hydroxylation is 1. The summed E-state index contributed by atoms with van der Waals surface area (Å²) in [5.74, 6) is -0.242. The zero-order valence-electron chi connectivity index (χ0n) is 9.32. The Labute approximate surface area is 114 Å². The van der Waals surface area contributed by atoms with Crippen LogP contribution in [0.4, 0.5) is 10.1 Å². The predicted octanol–water partition coefficient (Wildman–Crippen LogP) is 4.49. The monoisotopic (exact) mass is 339 g/mol. The highest BCUT2D eigenvalue weighted by Gasteiger charge is 1.96. The molecule has 0 saturated carbocycles. The van der Waals surface area contributed by atoms with E-state index >= 15 is 0 Å². The molecule has 0 radical (unpaired) electrons. The van der Waals surface area contributed by atoms with Gasteiger partial charge in [-0.25, -0.2) is 4.39 Å². The first-order valence-corrected chi connectivity index (χ1v) is 6.29. The lowest BCUT2D eigenvalue weighted by Gasteiger charge is -2.00. The molecule has 17 heavy (non-hydrogen) atoms. The van der Waals surface area contributed by atoms with Crippen LogP contribution in [0.25, 0.3) is 0 Å². The van der Waals surface area contributed by atoms with E-state index in [9.17, 15) is 4.39 Å². The van der Waals surface area contributed by atoms with E-state index in [2.05, 4.69) is 33.6 Å². The van der Waals surface area contributed by atoms with E-state index in [0.717, 1.165) is 16.8 Å². The summed E-state index contributed by atoms with van der Waals surface area (Å²) in [6.07, 6.45) is 1.68. The zero-order chi connectivity index (χ0) is 12.3. The summed E-state index contributed by atoms with van der Waals surface area (Å²) in [6, 6.07) is 12.4. The van der Waals surface area contributed by atoms with Gasteiger partial charge < -0.3 is 0 Å². The van der Waals surface area contributed by atoms with Gasteiger partial charge in [0, 0.05) is 9.78 Å². The van der Waals surface area contributed by atoms with E-state index in [-0.39, 0.29) is 5.82 Å². The van der Waals surface area contributed by atoms with Gasteiger partial charge in [-0.3, -0.25) is 4.99 Å². The van der Waals surface area contributed by atoms with Crippen molar-refractivity contribution in [1.29, 1.82) is 0 Å². The van der Waals surface area contributed by atoms with E-state index in [1.54, 1.807) is 12.3 Å². The van der Waals surface area contributed by atoms with Crippen molar-refractivity contribution in [2.75, 3.05) is 0 Å². The van der Waals surface area contributed by atoms with Gasteiger partial charge >= 0.3 is 0 Å². The first kappa shape index (κ1) is 12.2. The highest BCUT2D eigenvalue weighted by atomic mass is 127. The maximum Gasteiger partial charge on any atom is 0.123 e. The van der Waals surface area contributed by atoms with Gasteiger partial charge in [-0.2, -0.15) is 0 Å². The van der Waals surface area contributed by atoms with Crippen molar-refractivity contribution in [2.45, 2.75) is 6.92 Å². The Morgan fingerprint density at radius 1 is 1.18 bits per heavy atom. The maximum atomic E-state index is 13.0. The van der Waals surface area contributed by atoms with E-state index in [0.29, 0.717) is 0 Å². The van der Waals surface area contributed by atoms with Crippen LogP contribution in [0.5, 0.6) is 0 Å².